The van der Waals surface area contributed by atoms with Crippen molar-refractivity contribution in [2.24, 2.45) is 0 Å². The van der Waals surface area contributed by atoms with Gasteiger partial charge in [0.1, 0.15) is 18.5 Å². The van der Waals surface area contributed by atoms with Crippen LogP contribution in [0.15, 0.2) is 72.8 Å². The molecule has 34 heavy (non-hydrogen) atoms. The van der Waals surface area contributed by atoms with Gasteiger partial charge in [-0.05, 0) is 52.9 Å². The molecule has 4 rings (SSSR count). The summed E-state index contributed by atoms with van der Waals surface area (Å²) >= 11 is 0. The minimum atomic E-state index is -1.30. The van der Waals surface area contributed by atoms with E-state index in [0.717, 1.165) is 22.3 Å². The molecule has 0 bridgehead atoms. The summed E-state index contributed by atoms with van der Waals surface area (Å²) in [5, 5.41) is 14.3. The van der Waals surface area contributed by atoms with E-state index in [1.165, 1.54) is 24.3 Å². The number of benzene rings is 3. The standard InChI is InChI=1S/C26H23FN2O5/c27-16-9-11-17(12-10-16)28-24(30)14-13-23(25(31)32)29-26(33)34-15-22-20-7-3-1-5-18(20)19-6-2-4-8-21(19)22/h1-12,22-23H,13-15H2,(H,28,30)(H,29,33)(H,31,32)/t23-/m0/s1. The van der Waals surface area contributed by atoms with E-state index < -0.39 is 29.8 Å². The molecule has 1 aliphatic carbocycles. The van der Waals surface area contributed by atoms with Crippen molar-refractivity contribution in [3.05, 3.63) is 89.7 Å². The van der Waals surface area contributed by atoms with Crippen molar-refractivity contribution < 1.29 is 28.6 Å². The Kier molecular flexibility index (Phi) is 6.87. The Morgan fingerprint density at radius 2 is 1.50 bits per heavy atom. The number of ether oxygens (including phenoxy) is 1. The lowest BCUT2D eigenvalue weighted by molar-refractivity contribution is -0.139. The number of amides is 2. The van der Waals surface area contributed by atoms with Crippen LogP contribution in [0.3, 0.4) is 0 Å². The summed E-state index contributed by atoms with van der Waals surface area (Å²) in [6.45, 7) is 0.0528. The molecule has 3 aromatic carbocycles. The van der Waals surface area contributed by atoms with Crippen LogP contribution in [0.1, 0.15) is 29.9 Å². The van der Waals surface area contributed by atoms with Crippen LogP contribution in [0.2, 0.25) is 0 Å². The first kappa shape index (κ1) is 23.0. The average Bonchev–Trinajstić information content (AvgIpc) is 3.15. The van der Waals surface area contributed by atoms with E-state index in [2.05, 4.69) is 10.6 Å². The second-order valence-electron chi connectivity index (χ2n) is 7.95. The zero-order valence-electron chi connectivity index (χ0n) is 18.2. The van der Waals surface area contributed by atoms with E-state index in [-0.39, 0.29) is 25.4 Å². The van der Waals surface area contributed by atoms with Gasteiger partial charge in [0.25, 0.3) is 0 Å². The zero-order chi connectivity index (χ0) is 24.1. The van der Waals surface area contributed by atoms with Gasteiger partial charge in [-0.25, -0.2) is 14.0 Å². The highest BCUT2D eigenvalue weighted by molar-refractivity contribution is 5.91. The molecule has 1 aliphatic rings. The third-order valence-corrected chi connectivity index (χ3v) is 5.72. The van der Waals surface area contributed by atoms with Crippen molar-refractivity contribution in [2.45, 2.75) is 24.8 Å². The number of hydrogen-bond donors (Lipinski definition) is 3. The Hall–Kier alpha value is -4.20. The third-order valence-electron chi connectivity index (χ3n) is 5.72. The fourth-order valence-corrected chi connectivity index (χ4v) is 4.07. The van der Waals surface area contributed by atoms with Gasteiger partial charge in [0.15, 0.2) is 0 Å². The lowest BCUT2D eigenvalue weighted by Gasteiger charge is -2.17. The molecule has 0 heterocycles. The number of rotatable bonds is 8. The van der Waals surface area contributed by atoms with Crippen molar-refractivity contribution >= 4 is 23.7 Å². The third kappa shape index (κ3) is 5.23. The number of nitrogens with one attached hydrogen (secondary N) is 2. The maximum absolute atomic E-state index is 13.0. The summed E-state index contributed by atoms with van der Waals surface area (Å²) in [5.74, 6) is -2.31. The number of aliphatic carboxylic acids is 1. The summed E-state index contributed by atoms with van der Waals surface area (Å²) in [5.41, 5.74) is 4.65. The van der Waals surface area contributed by atoms with Gasteiger partial charge < -0.3 is 20.5 Å². The highest BCUT2D eigenvalue weighted by atomic mass is 19.1. The van der Waals surface area contributed by atoms with Crippen LogP contribution in [-0.2, 0) is 14.3 Å². The average molecular weight is 462 g/mol. The van der Waals surface area contributed by atoms with Crippen molar-refractivity contribution in [1.29, 1.82) is 0 Å². The molecular weight excluding hydrogens is 439 g/mol. The maximum atomic E-state index is 13.0. The van der Waals surface area contributed by atoms with Gasteiger partial charge in [0, 0.05) is 18.0 Å². The summed E-state index contributed by atoms with van der Waals surface area (Å²) in [7, 11) is 0. The van der Waals surface area contributed by atoms with Crippen LogP contribution in [0.4, 0.5) is 14.9 Å². The van der Waals surface area contributed by atoms with Gasteiger partial charge in [-0.15, -0.1) is 0 Å². The monoisotopic (exact) mass is 462 g/mol. The van der Waals surface area contributed by atoms with E-state index in [4.69, 9.17) is 4.74 Å². The molecule has 0 saturated heterocycles. The smallest absolute Gasteiger partial charge is 0.407 e. The van der Waals surface area contributed by atoms with Crippen LogP contribution in [0, 0.1) is 5.82 Å². The van der Waals surface area contributed by atoms with Gasteiger partial charge in [-0.1, -0.05) is 48.5 Å². The van der Waals surface area contributed by atoms with Gasteiger partial charge in [0.2, 0.25) is 5.91 Å². The largest absolute Gasteiger partial charge is 0.480 e. The quantitative estimate of drug-likeness (QED) is 0.456. The van der Waals surface area contributed by atoms with Crippen molar-refractivity contribution in [2.75, 3.05) is 11.9 Å². The van der Waals surface area contributed by atoms with Gasteiger partial charge >= 0.3 is 12.1 Å². The maximum Gasteiger partial charge on any atom is 0.407 e. The van der Waals surface area contributed by atoms with E-state index in [0.29, 0.717) is 5.69 Å². The number of halogens is 1. The summed E-state index contributed by atoms with van der Waals surface area (Å²) in [6.07, 6.45) is -1.15. The molecule has 3 N–H and O–H groups in total. The molecule has 1 atom stereocenters. The molecule has 0 fully saturated rings. The van der Waals surface area contributed by atoms with Crippen LogP contribution >= 0.6 is 0 Å². The van der Waals surface area contributed by atoms with Gasteiger partial charge in [0.05, 0.1) is 0 Å². The van der Waals surface area contributed by atoms with Gasteiger partial charge in [-0.2, -0.15) is 0 Å². The Bertz CT molecular complexity index is 1170. The first-order valence-electron chi connectivity index (χ1n) is 10.8. The Morgan fingerprint density at radius 1 is 0.912 bits per heavy atom. The van der Waals surface area contributed by atoms with E-state index in [1.54, 1.807) is 0 Å². The molecular formula is C26H23FN2O5. The molecule has 0 aromatic heterocycles. The second-order valence-corrected chi connectivity index (χ2v) is 7.95. The topological polar surface area (TPSA) is 105 Å². The molecule has 0 unspecified atom stereocenters. The van der Waals surface area contributed by atoms with E-state index in [1.807, 2.05) is 48.5 Å². The molecule has 0 radical (unpaired) electrons. The predicted octanol–water partition coefficient (Wildman–Crippen LogP) is 4.54. The Labute approximate surface area is 195 Å². The minimum absolute atomic E-state index is 0.0528. The summed E-state index contributed by atoms with van der Waals surface area (Å²) in [6, 6.07) is 19.7. The number of alkyl carbamates (subject to hydrolysis) is 1. The fraction of sp³-hybridized carbons (Fsp3) is 0.192. The number of carboxylic acid groups (broad SMARTS) is 1. The lowest BCUT2D eigenvalue weighted by atomic mass is 9.98. The van der Waals surface area contributed by atoms with E-state index >= 15 is 0 Å². The zero-order valence-corrected chi connectivity index (χ0v) is 18.2. The van der Waals surface area contributed by atoms with Crippen LogP contribution in [0.25, 0.3) is 11.1 Å². The number of fused-ring (bicyclic) bond motifs is 3. The number of carbonyl (C=O) groups excluding carboxylic acids is 2. The fourth-order valence-electron chi connectivity index (χ4n) is 4.07. The first-order valence-corrected chi connectivity index (χ1v) is 10.8. The van der Waals surface area contributed by atoms with Crippen LogP contribution in [0.5, 0.6) is 0 Å². The second kappa shape index (κ2) is 10.2. The van der Waals surface area contributed by atoms with Crippen molar-refractivity contribution in [3.63, 3.8) is 0 Å². The van der Waals surface area contributed by atoms with Crippen LogP contribution < -0.4 is 10.6 Å². The van der Waals surface area contributed by atoms with Gasteiger partial charge in [-0.3, -0.25) is 4.79 Å². The Morgan fingerprint density at radius 3 is 2.09 bits per heavy atom. The van der Waals surface area contributed by atoms with E-state index in [9.17, 15) is 23.9 Å². The molecule has 0 saturated carbocycles. The number of carboxylic acids is 1. The molecule has 2 amide bonds. The molecule has 3 aromatic rings. The van der Waals surface area contributed by atoms with Crippen LogP contribution in [-0.4, -0.2) is 35.7 Å². The molecule has 8 heteroatoms. The van der Waals surface area contributed by atoms with Crippen molar-refractivity contribution in [3.8, 4) is 11.1 Å². The SMILES string of the molecule is O=C(CC[C@H](NC(=O)OCC1c2ccccc2-c2ccccc21)C(=O)O)Nc1ccc(F)cc1. The summed E-state index contributed by atoms with van der Waals surface area (Å²) in [4.78, 5) is 36.1. The number of carbonyl (C=O) groups is 3. The van der Waals surface area contributed by atoms with Crippen molar-refractivity contribution in [1.82, 2.24) is 5.32 Å². The number of anilines is 1. The highest BCUT2D eigenvalue weighted by Gasteiger charge is 2.29. The molecule has 0 spiro atoms. The molecule has 7 nitrogen and oxygen atoms in total. The lowest BCUT2D eigenvalue weighted by Crippen LogP contribution is -2.42. The predicted molar refractivity (Wildman–Crippen MR) is 124 cm³/mol. The first-order chi connectivity index (χ1) is 16.4. The Balaban J connectivity index is 1.32. The molecule has 174 valence electrons. The number of hydrogen-bond acceptors (Lipinski definition) is 4. The highest BCUT2D eigenvalue weighted by Crippen LogP contribution is 2.44. The minimum Gasteiger partial charge on any atom is -0.480 e. The normalized spacial score (nSPS) is 12.9. The summed E-state index contributed by atoms with van der Waals surface area (Å²) < 4.78 is 18.4. The molecule has 0 aliphatic heterocycles.